The third kappa shape index (κ3) is 4.06. The van der Waals surface area contributed by atoms with Gasteiger partial charge in [0.15, 0.2) is 11.5 Å². The van der Waals surface area contributed by atoms with Gasteiger partial charge in [-0.15, -0.1) is 0 Å². The maximum Gasteiger partial charge on any atom is 0.253 e. The van der Waals surface area contributed by atoms with Gasteiger partial charge in [-0.1, -0.05) is 0 Å². The molecule has 0 saturated carbocycles. The monoisotopic (exact) mass is 420 g/mol. The van der Waals surface area contributed by atoms with Gasteiger partial charge in [0, 0.05) is 44.2 Å². The van der Waals surface area contributed by atoms with E-state index in [-0.39, 0.29) is 37.0 Å². The molecule has 0 bridgehead atoms. The molecule has 1 fully saturated rings. The average molecular weight is 420 g/mol. The van der Waals surface area contributed by atoms with Gasteiger partial charge in [-0.3, -0.25) is 4.79 Å². The summed E-state index contributed by atoms with van der Waals surface area (Å²) in [5.74, 6) is 0.315. The van der Waals surface area contributed by atoms with E-state index < -0.39 is 15.8 Å². The molecule has 4 rings (SSSR count). The molecule has 0 N–H and O–H groups in total. The molecule has 1 amide bonds. The predicted molar refractivity (Wildman–Crippen MR) is 103 cm³/mol. The van der Waals surface area contributed by atoms with Crippen LogP contribution in [0, 0.1) is 5.82 Å². The fourth-order valence-electron chi connectivity index (χ4n) is 3.36. The Hall–Kier alpha value is -2.65. The van der Waals surface area contributed by atoms with Crippen LogP contribution >= 0.6 is 0 Å². The lowest BCUT2D eigenvalue weighted by Gasteiger charge is -2.34. The fraction of sp³-hybridized carbons (Fsp3) is 0.350. The van der Waals surface area contributed by atoms with Crippen molar-refractivity contribution in [1.29, 1.82) is 0 Å². The first-order valence-corrected chi connectivity index (χ1v) is 10.8. The summed E-state index contributed by atoms with van der Waals surface area (Å²) < 4.78 is 51.6. The molecule has 2 heterocycles. The Morgan fingerprint density at radius 2 is 1.55 bits per heavy atom. The second-order valence-corrected chi connectivity index (χ2v) is 8.80. The van der Waals surface area contributed by atoms with Gasteiger partial charge in [-0.25, -0.2) is 12.8 Å². The van der Waals surface area contributed by atoms with E-state index in [0.29, 0.717) is 30.3 Å². The molecule has 9 heteroatoms. The lowest BCUT2D eigenvalue weighted by molar-refractivity contribution is 0.0698. The highest BCUT2D eigenvalue weighted by Crippen LogP contribution is 2.33. The van der Waals surface area contributed by atoms with Crippen LogP contribution in [0.2, 0.25) is 0 Å². The first kappa shape index (κ1) is 19.7. The summed E-state index contributed by atoms with van der Waals surface area (Å²) >= 11 is 0. The van der Waals surface area contributed by atoms with E-state index in [0.717, 1.165) is 6.42 Å². The van der Waals surface area contributed by atoms with Crippen LogP contribution in [0.5, 0.6) is 11.5 Å². The van der Waals surface area contributed by atoms with Gasteiger partial charge in [-0.05, 0) is 36.4 Å². The number of fused-ring (bicyclic) bond motifs is 1. The van der Waals surface area contributed by atoms with Crippen LogP contribution in [-0.2, 0) is 10.0 Å². The first-order valence-electron chi connectivity index (χ1n) is 9.40. The van der Waals surface area contributed by atoms with Gasteiger partial charge in [0.1, 0.15) is 5.82 Å². The van der Waals surface area contributed by atoms with Crippen LogP contribution in [0.15, 0.2) is 47.4 Å². The molecule has 154 valence electrons. The number of sulfonamides is 1. The summed E-state index contributed by atoms with van der Waals surface area (Å²) in [7, 11) is -3.72. The van der Waals surface area contributed by atoms with Crippen LogP contribution in [0.3, 0.4) is 0 Å². The normalized spacial score (nSPS) is 17.6. The Kier molecular flexibility index (Phi) is 5.42. The number of amides is 1. The zero-order chi connectivity index (χ0) is 20.4. The summed E-state index contributed by atoms with van der Waals surface area (Å²) in [5.41, 5.74) is 0.380. The van der Waals surface area contributed by atoms with Crippen molar-refractivity contribution in [3.05, 3.63) is 53.8 Å². The zero-order valence-electron chi connectivity index (χ0n) is 15.7. The highest BCUT2D eigenvalue weighted by atomic mass is 32.2. The molecule has 2 aromatic carbocycles. The third-order valence-electron chi connectivity index (χ3n) is 4.97. The third-order valence-corrected chi connectivity index (χ3v) is 6.87. The quantitative estimate of drug-likeness (QED) is 0.761. The Morgan fingerprint density at radius 3 is 2.24 bits per heavy atom. The van der Waals surface area contributed by atoms with Crippen molar-refractivity contribution < 1.29 is 27.1 Å². The Labute approximate surface area is 168 Å². The molecule has 2 aromatic rings. The molecule has 0 spiro atoms. The number of benzene rings is 2. The lowest BCUT2D eigenvalue weighted by atomic mass is 10.2. The molecule has 0 aliphatic carbocycles. The van der Waals surface area contributed by atoms with Gasteiger partial charge in [0.05, 0.1) is 18.1 Å². The molecule has 7 nitrogen and oxygen atoms in total. The smallest absolute Gasteiger partial charge is 0.253 e. The molecular formula is C20H21FN2O5S. The minimum Gasteiger partial charge on any atom is -0.490 e. The van der Waals surface area contributed by atoms with E-state index in [2.05, 4.69) is 0 Å². The Morgan fingerprint density at radius 1 is 0.897 bits per heavy atom. The van der Waals surface area contributed by atoms with Gasteiger partial charge in [-0.2, -0.15) is 4.31 Å². The van der Waals surface area contributed by atoms with Crippen LogP contribution in [-0.4, -0.2) is 62.9 Å². The highest BCUT2D eigenvalue weighted by Gasteiger charge is 2.31. The standard InChI is InChI=1S/C20H21FN2O5S/c21-16-4-2-15(3-5-16)20(24)22-8-10-23(11-9-22)29(25,26)17-6-7-18-19(14-17)28-13-1-12-27-18/h2-7,14H,1,8-13H2. The average Bonchev–Trinajstić information content (AvgIpc) is 2.99. The maximum absolute atomic E-state index is 13.0. The summed E-state index contributed by atoms with van der Waals surface area (Å²) in [6.07, 6.45) is 0.737. The predicted octanol–water partition coefficient (Wildman–Crippen LogP) is 2.13. The molecule has 0 atom stereocenters. The topological polar surface area (TPSA) is 76.2 Å². The fourth-order valence-corrected chi connectivity index (χ4v) is 4.80. The zero-order valence-corrected chi connectivity index (χ0v) is 16.5. The summed E-state index contributed by atoms with van der Waals surface area (Å²) in [6, 6.07) is 9.94. The van der Waals surface area contributed by atoms with E-state index in [9.17, 15) is 17.6 Å². The van der Waals surface area contributed by atoms with Crippen LogP contribution in [0.25, 0.3) is 0 Å². The minimum atomic E-state index is -3.72. The minimum absolute atomic E-state index is 0.139. The van der Waals surface area contributed by atoms with Crippen molar-refractivity contribution in [3.8, 4) is 11.5 Å². The summed E-state index contributed by atoms with van der Waals surface area (Å²) in [5, 5.41) is 0. The Balaban J connectivity index is 1.45. The van der Waals surface area contributed by atoms with Gasteiger partial charge >= 0.3 is 0 Å². The number of hydrogen-bond donors (Lipinski definition) is 0. The molecule has 0 aromatic heterocycles. The molecule has 1 saturated heterocycles. The van der Waals surface area contributed by atoms with Crippen LogP contribution < -0.4 is 9.47 Å². The Bertz CT molecular complexity index is 1000. The SMILES string of the molecule is O=C(c1ccc(F)cc1)N1CCN(S(=O)(=O)c2ccc3c(c2)OCCCO3)CC1. The summed E-state index contributed by atoms with van der Waals surface area (Å²) in [4.78, 5) is 14.3. The highest BCUT2D eigenvalue weighted by molar-refractivity contribution is 7.89. The molecule has 0 radical (unpaired) electrons. The van der Waals surface area contributed by atoms with Crippen molar-refractivity contribution in [2.75, 3.05) is 39.4 Å². The van der Waals surface area contributed by atoms with Crippen molar-refractivity contribution in [2.45, 2.75) is 11.3 Å². The van der Waals surface area contributed by atoms with E-state index in [4.69, 9.17) is 9.47 Å². The second-order valence-electron chi connectivity index (χ2n) is 6.86. The molecule has 2 aliphatic heterocycles. The van der Waals surface area contributed by atoms with Gasteiger partial charge in [0.25, 0.3) is 5.91 Å². The number of hydrogen-bond acceptors (Lipinski definition) is 5. The van der Waals surface area contributed by atoms with E-state index in [1.54, 1.807) is 11.0 Å². The first-order chi connectivity index (χ1) is 13.9. The van der Waals surface area contributed by atoms with E-state index in [1.807, 2.05) is 0 Å². The number of carbonyl (C=O) groups excluding carboxylic acids is 1. The van der Waals surface area contributed by atoms with Crippen molar-refractivity contribution in [3.63, 3.8) is 0 Å². The molecule has 2 aliphatic rings. The van der Waals surface area contributed by atoms with E-state index >= 15 is 0 Å². The second kappa shape index (κ2) is 8.00. The van der Waals surface area contributed by atoms with Crippen molar-refractivity contribution in [1.82, 2.24) is 9.21 Å². The van der Waals surface area contributed by atoms with Gasteiger partial charge in [0.2, 0.25) is 10.0 Å². The van der Waals surface area contributed by atoms with Crippen molar-refractivity contribution in [2.24, 2.45) is 0 Å². The molecule has 0 unspecified atom stereocenters. The number of piperazine rings is 1. The number of nitrogens with zero attached hydrogens (tertiary/aromatic N) is 2. The van der Waals surface area contributed by atoms with Crippen LogP contribution in [0.1, 0.15) is 16.8 Å². The lowest BCUT2D eigenvalue weighted by Crippen LogP contribution is -2.50. The van der Waals surface area contributed by atoms with Crippen molar-refractivity contribution >= 4 is 15.9 Å². The number of ether oxygens (including phenoxy) is 2. The maximum atomic E-state index is 13.0. The largest absolute Gasteiger partial charge is 0.490 e. The number of carbonyl (C=O) groups is 1. The van der Waals surface area contributed by atoms with Gasteiger partial charge < -0.3 is 14.4 Å². The summed E-state index contributed by atoms with van der Waals surface area (Å²) in [6.45, 7) is 1.90. The number of halogens is 1. The van der Waals surface area contributed by atoms with Crippen LogP contribution in [0.4, 0.5) is 4.39 Å². The number of rotatable bonds is 3. The molecule has 29 heavy (non-hydrogen) atoms. The molecular weight excluding hydrogens is 399 g/mol. The van der Waals surface area contributed by atoms with E-state index in [1.165, 1.54) is 40.7 Å².